The van der Waals surface area contributed by atoms with Crippen molar-refractivity contribution in [3.8, 4) is 11.5 Å². The molecule has 2 rings (SSSR count). The second-order valence-electron chi connectivity index (χ2n) is 4.53. The predicted octanol–water partition coefficient (Wildman–Crippen LogP) is 3.35. The number of nitrogens with zero attached hydrogens (tertiary/aromatic N) is 1. The molecule has 8 heteroatoms. The number of ether oxygens (including phenoxy) is 2. The van der Waals surface area contributed by atoms with E-state index in [9.17, 15) is 4.79 Å². The number of carbonyl (C=O) groups is 1. The summed E-state index contributed by atoms with van der Waals surface area (Å²) in [5, 5.41) is 4.14. The average molecular weight is 414 g/mol. The highest BCUT2D eigenvalue weighted by atomic mass is 79.9. The number of rotatable bonds is 6. The molecule has 0 bridgehead atoms. The van der Waals surface area contributed by atoms with Crippen LogP contribution in [0.25, 0.3) is 0 Å². The number of hydrogen-bond acceptors (Lipinski definition) is 5. The van der Waals surface area contributed by atoms with Crippen molar-refractivity contribution in [2.24, 2.45) is 10.9 Å². The van der Waals surface area contributed by atoms with E-state index >= 15 is 0 Å². The minimum Gasteiger partial charge on any atom is -0.497 e. The van der Waals surface area contributed by atoms with E-state index in [2.05, 4.69) is 21.1 Å². The summed E-state index contributed by atoms with van der Waals surface area (Å²) >= 11 is 9.11. The maximum Gasteiger partial charge on any atom is 0.372 e. The lowest BCUT2D eigenvalue weighted by Crippen LogP contribution is -2.18. The summed E-state index contributed by atoms with van der Waals surface area (Å²) in [5.74, 6) is 0.529. The first-order valence-corrected chi connectivity index (χ1v) is 7.92. The van der Waals surface area contributed by atoms with Crippen LogP contribution in [-0.4, -0.2) is 25.5 Å². The fourth-order valence-corrected chi connectivity index (χ4v) is 2.47. The van der Waals surface area contributed by atoms with Crippen LogP contribution in [0.15, 0.2) is 52.1 Å². The molecule has 0 aliphatic heterocycles. The number of methoxy groups -OCH3 is 1. The molecule has 0 atom stereocenters. The van der Waals surface area contributed by atoms with E-state index < -0.39 is 5.97 Å². The minimum atomic E-state index is -0.687. The van der Waals surface area contributed by atoms with Crippen LogP contribution in [0, 0.1) is 0 Å². The summed E-state index contributed by atoms with van der Waals surface area (Å²) in [4.78, 5) is 16.4. The molecule has 0 heterocycles. The minimum absolute atomic E-state index is 0.0682. The number of halogens is 2. The Labute approximate surface area is 152 Å². The van der Waals surface area contributed by atoms with E-state index in [4.69, 9.17) is 31.6 Å². The van der Waals surface area contributed by atoms with Crippen LogP contribution in [0.1, 0.15) is 5.56 Å². The third-order valence-electron chi connectivity index (χ3n) is 2.87. The molecular weight excluding hydrogens is 400 g/mol. The van der Waals surface area contributed by atoms with Gasteiger partial charge < -0.3 is 20.0 Å². The molecular formula is C16H14BrClN2O4. The van der Waals surface area contributed by atoms with Crippen LogP contribution in [0.4, 0.5) is 0 Å². The molecule has 2 N–H and O–H groups in total. The summed E-state index contributed by atoms with van der Waals surface area (Å²) in [6.07, 6.45) is 0. The summed E-state index contributed by atoms with van der Waals surface area (Å²) < 4.78 is 11.0. The van der Waals surface area contributed by atoms with Crippen LogP contribution in [0.3, 0.4) is 0 Å². The number of nitrogens with two attached hydrogens (primary N) is 1. The molecule has 0 unspecified atom stereocenters. The molecule has 0 aromatic heterocycles. The Kier molecular flexibility index (Phi) is 6.45. The first-order chi connectivity index (χ1) is 11.5. The summed E-state index contributed by atoms with van der Waals surface area (Å²) in [7, 11) is 1.56. The van der Waals surface area contributed by atoms with Gasteiger partial charge >= 0.3 is 5.97 Å². The van der Waals surface area contributed by atoms with Gasteiger partial charge in [0.25, 0.3) is 0 Å². The van der Waals surface area contributed by atoms with Gasteiger partial charge in [-0.3, -0.25) is 0 Å². The van der Waals surface area contributed by atoms with Gasteiger partial charge in [0.2, 0.25) is 0 Å². The van der Waals surface area contributed by atoms with Crippen LogP contribution >= 0.6 is 27.5 Å². The van der Waals surface area contributed by atoms with Crippen LogP contribution in [0.2, 0.25) is 5.02 Å². The molecule has 0 amide bonds. The number of benzene rings is 2. The van der Waals surface area contributed by atoms with Crippen molar-refractivity contribution < 1.29 is 19.1 Å². The zero-order valence-corrected chi connectivity index (χ0v) is 15.0. The van der Waals surface area contributed by atoms with Crippen molar-refractivity contribution in [2.75, 3.05) is 13.7 Å². The predicted molar refractivity (Wildman–Crippen MR) is 94.5 cm³/mol. The molecule has 24 heavy (non-hydrogen) atoms. The molecule has 2 aromatic carbocycles. The molecule has 126 valence electrons. The second kappa shape index (κ2) is 8.56. The fraction of sp³-hybridized carbons (Fsp3) is 0.125. The lowest BCUT2D eigenvalue weighted by molar-refractivity contribution is -0.146. The van der Waals surface area contributed by atoms with Gasteiger partial charge in [-0.05, 0) is 58.4 Å². The highest BCUT2D eigenvalue weighted by Crippen LogP contribution is 2.27. The highest BCUT2D eigenvalue weighted by molar-refractivity contribution is 9.10. The Balaban J connectivity index is 1.89. The topological polar surface area (TPSA) is 83.1 Å². The van der Waals surface area contributed by atoms with Crippen LogP contribution in [0.5, 0.6) is 11.5 Å². The van der Waals surface area contributed by atoms with Gasteiger partial charge in [-0.1, -0.05) is 16.8 Å². The van der Waals surface area contributed by atoms with E-state index in [0.717, 1.165) is 0 Å². The van der Waals surface area contributed by atoms with E-state index in [1.807, 2.05) is 0 Å². The summed E-state index contributed by atoms with van der Waals surface area (Å²) in [5.41, 5.74) is 6.35. The Morgan fingerprint density at radius 2 is 1.96 bits per heavy atom. The SMILES string of the molecule is COc1ccc(/C(N)=N/OC(=O)COc2ccc(Cl)cc2Br)cc1. The van der Waals surface area contributed by atoms with Gasteiger partial charge in [0.05, 0.1) is 11.6 Å². The average Bonchev–Trinajstić information content (AvgIpc) is 2.59. The third-order valence-corrected chi connectivity index (χ3v) is 3.73. The van der Waals surface area contributed by atoms with Crippen molar-refractivity contribution in [1.29, 1.82) is 0 Å². The van der Waals surface area contributed by atoms with E-state index in [1.165, 1.54) is 0 Å². The van der Waals surface area contributed by atoms with Gasteiger partial charge in [0.15, 0.2) is 12.4 Å². The maximum atomic E-state index is 11.7. The molecule has 0 aliphatic carbocycles. The monoisotopic (exact) mass is 412 g/mol. The van der Waals surface area contributed by atoms with Crippen LogP contribution < -0.4 is 15.2 Å². The van der Waals surface area contributed by atoms with E-state index in [-0.39, 0.29) is 12.4 Å². The normalized spacial score (nSPS) is 11.0. The number of amidine groups is 1. The maximum absolute atomic E-state index is 11.7. The fourth-order valence-electron chi connectivity index (χ4n) is 1.67. The smallest absolute Gasteiger partial charge is 0.372 e. The molecule has 6 nitrogen and oxygen atoms in total. The van der Waals surface area contributed by atoms with Gasteiger partial charge in [-0.2, -0.15) is 0 Å². The van der Waals surface area contributed by atoms with Crippen molar-refractivity contribution in [3.05, 3.63) is 57.5 Å². The molecule has 0 spiro atoms. The summed E-state index contributed by atoms with van der Waals surface area (Å²) in [6, 6.07) is 11.8. The van der Waals surface area contributed by atoms with Gasteiger partial charge in [-0.15, -0.1) is 0 Å². The molecule has 0 aliphatic rings. The Bertz CT molecular complexity index is 750. The Morgan fingerprint density at radius 1 is 1.25 bits per heavy atom. The lowest BCUT2D eigenvalue weighted by atomic mass is 10.2. The largest absolute Gasteiger partial charge is 0.497 e. The number of carbonyl (C=O) groups excluding carboxylic acids is 1. The first-order valence-electron chi connectivity index (χ1n) is 6.75. The van der Waals surface area contributed by atoms with Crippen molar-refractivity contribution >= 4 is 39.3 Å². The summed E-state index contributed by atoms with van der Waals surface area (Å²) in [6.45, 7) is -0.320. The van der Waals surface area contributed by atoms with E-state index in [0.29, 0.717) is 26.6 Å². The first kappa shape index (κ1) is 18.1. The lowest BCUT2D eigenvalue weighted by Gasteiger charge is -2.07. The van der Waals surface area contributed by atoms with Crippen molar-refractivity contribution in [2.45, 2.75) is 0 Å². The van der Waals surface area contributed by atoms with Gasteiger partial charge in [0, 0.05) is 10.6 Å². The molecule has 2 aromatic rings. The van der Waals surface area contributed by atoms with Crippen LogP contribution in [-0.2, 0) is 9.63 Å². The third kappa shape index (κ3) is 5.14. The Hall–Kier alpha value is -2.25. The molecule has 0 saturated carbocycles. The van der Waals surface area contributed by atoms with Crippen molar-refractivity contribution in [3.63, 3.8) is 0 Å². The zero-order chi connectivity index (χ0) is 17.5. The Morgan fingerprint density at radius 3 is 2.58 bits per heavy atom. The number of hydrogen-bond donors (Lipinski definition) is 1. The molecule has 0 saturated heterocycles. The molecule has 0 fully saturated rings. The number of oxime groups is 1. The van der Waals surface area contributed by atoms with Gasteiger partial charge in [0.1, 0.15) is 11.5 Å². The van der Waals surface area contributed by atoms with Gasteiger partial charge in [-0.25, -0.2) is 4.79 Å². The highest BCUT2D eigenvalue weighted by Gasteiger charge is 2.08. The molecule has 0 radical (unpaired) electrons. The van der Waals surface area contributed by atoms with Crippen molar-refractivity contribution in [1.82, 2.24) is 0 Å². The standard InChI is InChI=1S/C16H14BrClN2O4/c1-22-12-5-2-10(3-6-12)16(19)20-24-15(21)9-23-14-7-4-11(18)8-13(14)17/h2-8H,9H2,1H3,(H2,19,20). The van der Waals surface area contributed by atoms with E-state index in [1.54, 1.807) is 49.6 Å². The zero-order valence-electron chi connectivity index (χ0n) is 12.7. The quantitative estimate of drug-likeness (QED) is 0.340. The second-order valence-corrected chi connectivity index (χ2v) is 5.82.